The summed E-state index contributed by atoms with van der Waals surface area (Å²) in [6, 6.07) is 9.61. The maximum atomic E-state index is 12.5. The minimum Gasteiger partial charge on any atom is -0.338 e. The van der Waals surface area contributed by atoms with E-state index in [1.807, 2.05) is 35.2 Å². The number of aryl methyl sites for hydroxylation is 2. The highest BCUT2D eigenvalue weighted by atomic mass is 32.2. The summed E-state index contributed by atoms with van der Waals surface area (Å²) in [4.78, 5) is 14.9. The van der Waals surface area contributed by atoms with E-state index in [-0.39, 0.29) is 17.6 Å². The predicted molar refractivity (Wildman–Crippen MR) is 105 cm³/mol. The van der Waals surface area contributed by atoms with Crippen LogP contribution in [-0.4, -0.2) is 54.2 Å². The third kappa shape index (κ3) is 5.57. The fourth-order valence-electron chi connectivity index (χ4n) is 3.13. The summed E-state index contributed by atoms with van der Waals surface area (Å²) in [7, 11) is -3.30. The van der Waals surface area contributed by atoms with Gasteiger partial charge in [0, 0.05) is 19.6 Å². The van der Waals surface area contributed by atoms with Crippen molar-refractivity contribution in [2.45, 2.75) is 26.2 Å². The lowest BCUT2D eigenvalue weighted by atomic mass is 9.97. The second-order valence-corrected chi connectivity index (χ2v) is 9.51. The topological polar surface area (TPSA) is 92.3 Å². The molecule has 9 heteroatoms. The molecule has 3 rings (SSSR count). The quantitative estimate of drug-likeness (QED) is 0.755. The first kappa shape index (κ1) is 19.9. The van der Waals surface area contributed by atoms with Crippen LogP contribution in [-0.2, 0) is 16.4 Å². The Kier molecular flexibility index (Phi) is 6.56. The molecule has 0 aliphatic carbocycles. The van der Waals surface area contributed by atoms with Crippen LogP contribution >= 0.6 is 11.5 Å². The van der Waals surface area contributed by atoms with Crippen LogP contribution < -0.4 is 4.72 Å². The van der Waals surface area contributed by atoms with Gasteiger partial charge in [-0.1, -0.05) is 34.8 Å². The van der Waals surface area contributed by atoms with Gasteiger partial charge in [-0.25, -0.2) is 13.1 Å². The molecular formula is C18H24N4O3S2. The molecule has 0 unspecified atom stereocenters. The van der Waals surface area contributed by atoms with Crippen LogP contribution in [0, 0.1) is 12.8 Å². The molecule has 1 saturated heterocycles. The van der Waals surface area contributed by atoms with Gasteiger partial charge in [-0.15, -0.1) is 5.10 Å². The Morgan fingerprint density at radius 3 is 2.59 bits per heavy atom. The number of hydrogen-bond acceptors (Lipinski definition) is 6. The lowest BCUT2D eigenvalue weighted by molar-refractivity contribution is 0.0696. The Balaban J connectivity index is 1.42. The summed E-state index contributed by atoms with van der Waals surface area (Å²) in [5, 5.41) is 3.89. The van der Waals surface area contributed by atoms with Gasteiger partial charge in [0.1, 0.15) is 4.88 Å². The molecule has 1 N–H and O–H groups in total. The number of nitrogens with zero attached hydrogens (tertiary/aromatic N) is 3. The van der Waals surface area contributed by atoms with Gasteiger partial charge in [-0.05, 0) is 49.2 Å². The Hall–Kier alpha value is -1.84. The Bertz CT molecular complexity index is 860. The molecule has 0 radical (unpaired) electrons. The largest absolute Gasteiger partial charge is 0.338 e. The van der Waals surface area contributed by atoms with Crippen molar-refractivity contribution in [1.82, 2.24) is 19.2 Å². The molecule has 1 amide bonds. The van der Waals surface area contributed by atoms with Crippen molar-refractivity contribution in [3.63, 3.8) is 0 Å². The van der Waals surface area contributed by atoms with Crippen molar-refractivity contribution < 1.29 is 13.2 Å². The molecule has 1 aromatic carbocycles. The van der Waals surface area contributed by atoms with Gasteiger partial charge in [-0.2, -0.15) is 0 Å². The molecule has 1 aromatic heterocycles. The van der Waals surface area contributed by atoms with E-state index in [0.717, 1.165) is 29.9 Å². The zero-order valence-corrected chi connectivity index (χ0v) is 16.9. The molecule has 2 heterocycles. The van der Waals surface area contributed by atoms with Crippen molar-refractivity contribution in [2.24, 2.45) is 5.92 Å². The highest BCUT2D eigenvalue weighted by Gasteiger charge is 2.26. The van der Waals surface area contributed by atoms with Crippen molar-refractivity contribution in [2.75, 3.05) is 25.4 Å². The minimum atomic E-state index is -3.30. The van der Waals surface area contributed by atoms with Crippen LogP contribution in [0.2, 0.25) is 0 Å². The summed E-state index contributed by atoms with van der Waals surface area (Å²) in [6.07, 6.45) is 2.09. The number of piperidine rings is 1. The van der Waals surface area contributed by atoms with E-state index in [4.69, 9.17) is 0 Å². The molecular weight excluding hydrogens is 384 g/mol. The SMILES string of the molecule is Cc1nnsc1C(=O)N1CCC(CNS(=O)(=O)CCc2ccccc2)CC1. The lowest BCUT2D eigenvalue weighted by Crippen LogP contribution is -2.41. The van der Waals surface area contributed by atoms with Gasteiger partial charge in [-0.3, -0.25) is 4.79 Å². The lowest BCUT2D eigenvalue weighted by Gasteiger charge is -2.31. The van der Waals surface area contributed by atoms with E-state index in [2.05, 4.69) is 14.3 Å². The molecule has 7 nitrogen and oxygen atoms in total. The number of carbonyl (C=O) groups excluding carboxylic acids is 1. The van der Waals surface area contributed by atoms with Gasteiger partial charge in [0.25, 0.3) is 5.91 Å². The highest BCUT2D eigenvalue weighted by molar-refractivity contribution is 7.89. The first-order valence-corrected chi connectivity index (χ1v) is 11.5. The smallest absolute Gasteiger partial charge is 0.267 e. The summed E-state index contributed by atoms with van der Waals surface area (Å²) < 4.78 is 31.0. The minimum absolute atomic E-state index is 0.0237. The summed E-state index contributed by atoms with van der Waals surface area (Å²) in [5.74, 6) is 0.317. The van der Waals surface area contributed by atoms with E-state index in [9.17, 15) is 13.2 Å². The number of rotatable bonds is 7. The zero-order chi connectivity index (χ0) is 19.3. The van der Waals surface area contributed by atoms with E-state index in [1.54, 1.807) is 6.92 Å². The summed E-state index contributed by atoms with van der Waals surface area (Å²) in [5.41, 5.74) is 1.68. The standard InChI is InChI=1S/C18H24N4O3S2/c1-14-17(26-21-20-14)18(23)22-10-7-16(8-11-22)13-19-27(24,25)12-9-15-5-3-2-4-6-15/h2-6,16,19H,7-13H2,1H3. The van der Waals surface area contributed by atoms with Crippen molar-refractivity contribution >= 4 is 27.5 Å². The van der Waals surface area contributed by atoms with Crippen LogP contribution in [0.15, 0.2) is 30.3 Å². The number of carbonyl (C=O) groups is 1. The zero-order valence-electron chi connectivity index (χ0n) is 15.3. The second kappa shape index (κ2) is 8.90. The number of sulfonamides is 1. The average molecular weight is 409 g/mol. The summed E-state index contributed by atoms with van der Waals surface area (Å²) in [6.45, 7) is 3.48. The van der Waals surface area contributed by atoms with E-state index < -0.39 is 10.0 Å². The molecule has 1 fully saturated rings. The molecule has 1 aliphatic rings. The summed E-state index contributed by atoms with van der Waals surface area (Å²) >= 11 is 1.13. The van der Waals surface area contributed by atoms with Crippen LogP contribution in [0.5, 0.6) is 0 Å². The number of benzene rings is 1. The van der Waals surface area contributed by atoms with Gasteiger partial charge < -0.3 is 4.90 Å². The van der Waals surface area contributed by atoms with Gasteiger partial charge in [0.05, 0.1) is 11.4 Å². The fraction of sp³-hybridized carbons (Fsp3) is 0.500. The van der Waals surface area contributed by atoms with Crippen LogP contribution in [0.1, 0.15) is 33.8 Å². The number of nitrogens with one attached hydrogen (secondary N) is 1. The molecule has 27 heavy (non-hydrogen) atoms. The number of hydrogen-bond donors (Lipinski definition) is 1. The molecule has 2 aromatic rings. The molecule has 146 valence electrons. The van der Waals surface area contributed by atoms with Crippen LogP contribution in [0.4, 0.5) is 0 Å². The third-order valence-corrected chi connectivity index (χ3v) is 7.01. The molecule has 1 aliphatic heterocycles. The van der Waals surface area contributed by atoms with Crippen LogP contribution in [0.25, 0.3) is 0 Å². The predicted octanol–water partition coefficient (Wildman–Crippen LogP) is 1.86. The van der Waals surface area contributed by atoms with E-state index in [0.29, 0.717) is 36.6 Å². The van der Waals surface area contributed by atoms with Gasteiger partial charge in [0.15, 0.2) is 0 Å². The Labute approximate surface area is 164 Å². The normalized spacial score (nSPS) is 15.8. The van der Waals surface area contributed by atoms with Crippen molar-refractivity contribution in [1.29, 1.82) is 0 Å². The Morgan fingerprint density at radius 1 is 1.26 bits per heavy atom. The second-order valence-electron chi connectivity index (χ2n) is 6.83. The first-order valence-electron chi connectivity index (χ1n) is 9.04. The maximum Gasteiger partial charge on any atom is 0.267 e. The van der Waals surface area contributed by atoms with E-state index >= 15 is 0 Å². The monoisotopic (exact) mass is 408 g/mol. The highest BCUT2D eigenvalue weighted by Crippen LogP contribution is 2.20. The van der Waals surface area contributed by atoms with Crippen molar-refractivity contribution in [3.05, 3.63) is 46.5 Å². The van der Waals surface area contributed by atoms with Gasteiger partial charge >= 0.3 is 0 Å². The van der Waals surface area contributed by atoms with Crippen molar-refractivity contribution in [3.8, 4) is 0 Å². The van der Waals surface area contributed by atoms with Crippen LogP contribution in [0.3, 0.4) is 0 Å². The molecule has 0 bridgehead atoms. The Morgan fingerprint density at radius 2 is 1.96 bits per heavy atom. The maximum absolute atomic E-state index is 12.5. The fourth-order valence-corrected chi connectivity index (χ4v) is 4.89. The molecule has 0 atom stereocenters. The average Bonchev–Trinajstić information content (AvgIpc) is 3.11. The third-order valence-electron chi connectivity index (χ3n) is 4.84. The molecule has 0 saturated carbocycles. The molecule has 0 spiro atoms. The number of aromatic nitrogens is 2. The van der Waals surface area contributed by atoms with E-state index in [1.165, 1.54) is 0 Å². The number of amides is 1. The first-order chi connectivity index (χ1) is 12.9. The number of likely N-dealkylation sites (tertiary alicyclic amines) is 1. The van der Waals surface area contributed by atoms with Gasteiger partial charge in [0.2, 0.25) is 10.0 Å².